The molecule has 0 aromatic heterocycles. The lowest BCUT2D eigenvalue weighted by Crippen LogP contribution is -2.20. The van der Waals surface area contributed by atoms with Gasteiger partial charge in [0.15, 0.2) is 5.11 Å². The molecule has 0 spiro atoms. The Hall–Kier alpha value is -3.36. The highest BCUT2D eigenvalue weighted by Gasteiger charge is 2.14. The Morgan fingerprint density at radius 1 is 0.839 bits per heavy atom. The first kappa shape index (κ1) is 22.3. The predicted molar refractivity (Wildman–Crippen MR) is 130 cm³/mol. The van der Waals surface area contributed by atoms with E-state index in [2.05, 4.69) is 16.0 Å². The number of benzene rings is 3. The third-order valence-electron chi connectivity index (χ3n) is 4.13. The van der Waals surface area contributed by atoms with Crippen LogP contribution in [-0.2, 0) is 9.53 Å². The van der Waals surface area contributed by atoms with Crippen molar-refractivity contribution in [3.8, 4) is 0 Å². The topological polar surface area (TPSA) is 79.5 Å². The normalized spacial score (nSPS) is 10.1. The monoisotopic (exact) mass is 451 g/mol. The van der Waals surface area contributed by atoms with Crippen LogP contribution in [0.1, 0.15) is 10.4 Å². The number of para-hydroxylation sites is 3. The van der Waals surface area contributed by atoms with Crippen LogP contribution >= 0.6 is 24.0 Å². The first-order valence-corrected chi connectivity index (χ1v) is 10.8. The predicted octanol–water partition coefficient (Wildman–Crippen LogP) is 5.01. The van der Waals surface area contributed by atoms with Crippen molar-refractivity contribution >= 4 is 58.0 Å². The van der Waals surface area contributed by atoms with E-state index in [9.17, 15) is 9.59 Å². The van der Waals surface area contributed by atoms with E-state index in [1.807, 2.05) is 54.6 Å². The highest BCUT2D eigenvalue weighted by atomic mass is 32.2. The summed E-state index contributed by atoms with van der Waals surface area (Å²) in [7, 11) is 1.30. The number of thioether (sulfide) groups is 1. The molecule has 0 saturated carbocycles. The minimum atomic E-state index is -0.502. The van der Waals surface area contributed by atoms with Crippen molar-refractivity contribution < 1.29 is 14.3 Å². The van der Waals surface area contributed by atoms with Crippen LogP contribution < -0.4 is 16.0 Å². The summed E-state index contributed by atoms with van der Waals surface area (Å²) >= 11 is 6.76. The number of carbonyl (C=O) groups is 2. The van der Waals surface area contributed by atoms with E-state index in [-0.39, 0.29) is 11.7 Å². The number of esters is 1. The number of methoxy groups -OCH3 is 1. The summed E-state index contributed by atoms with van der Waals surface area (Å²) in [6.45, 7) is 0. The highest BCUT2D eigenvalue weighted by Crippen LogP contribution is 2.27. The molecule has 3 N–H and O–H groups in total. The Kier molecular flexibility index (Phi) is 8.03. The summed E-state index contributed by atoms with van der Waals surface area (Å²) in [6.07, 6.45) is 0. The van der Waals surface area contributed by atoms with Gasteiger partial charge in [-0.2, -0.15) is 0 Å². The van der Waals surface area contributed by atoms with Gasteiger partial charge in [0.25, 0.3) is 0 Å². The minimum absolute atomic E-state index is 0.160. The number of amides is 1. The standard InChI is InChI=1S/C23H21N3O3S2/c1-29-22(28)17-11-5-6-12-18(17)25-21(27)15-31-20-14-8-7-13-19(20)26-23(30)24-16-9-3-2-4-10-16/h2-14H,15H2,1H3,(H,25,27)(H2,24,26,30). The van der Waals surface area contributed by atoms with Gasteiger partial charge in [-0.3, -0.25) is 4.79 Å². The van der Waals surface area contributed by atoms with Gasteiger partial charge in [0.1, 0.15) is 0 Å². The Bertz CT molecular complexity index is 1070. The number of nitrogens with one attached hydrogen (secondary N) is 3. The van der Waals surface area contributed by atoms with Crippen molar-refractivity contribution in [2.45, 2.75) is 4.90 Å². The van der Waals surface area contributed by atoms with Crippen LogP contribution in [0.5, 0.6) is 0 Å². The number of rotatable bonds is 7. The average molecular weight is 452 g/mol. The maximum Gasteiger partial charge on any atom is 0.339 e. The van der Waals surface area contributed by atoms with Crippen LogP contribution in [0.2, 0.25) is 0 Å². The van der Waals surface area contributed by atoms with Crippen molar-refractivity contribution in [1.29, 1.82) is 0 Å². The number of thiocarbonyl (C=S) groups is 1. The number of carbonyl (C=O) groups excluding carboxylic acids is 2. The largest absolute Gasteiger partial charge is 0.465 e. The fourth-order valence-corrected chi connectivity index (χ4v) is 3.75. The molecule has 0 aliphatic rings. The van der Waals surface area contributed by atoms with E-state index in [0.717, 1.165) is 16.3 Å². The van der Waals surface area contributed by atoms with E-state index < -0.39 is 5.97 Å². The first-order valence-electron chi connectivity index (χ1n) is 9.39. The van der Waals surface area contributed by atoms with E-state index in [0.29, 0.717) is 16.4 Å². The molecule has 0 saturated heterocycles. The molecule has 0 bridgehead atoms. The number of ether oxygens (including phenoxy) is 1. The SMILES string of the molecule is COC(=O)c1ccccc1NC(=O)CSc1ccccc1NC(=S)Nc1ccccc1. The van der Waals surface area contributed by atoms with E-state index in [4.69, 9.17) is 17.0 Å². The fraction of sp³-hybridized carbons (Fsp3) is 0.0870. The maximum absolute atomic E-state index is 12.5. The molecule has 8 heteroatoms. The number of anilines is 3. The number of hydrogen-bond donors (Lipinski definition) is 3. The molecule has 3 aromatic rings. The minimum Gasteiger partial charge on any atom is -0.465 e. The van der Waals surface area contributed by atoms with Gasteiger partial charge >= 0.3 is 5.97 Å². The summed E-state index contributed by atoms with van der Waals surface area (Å²) in [6, 6.07) is 23.9. The zero-order valence-electron chi connectivity index (χ0n) is 16.8. The van der Waals surface area contributed by atoms with Gasteiger partial charge < -0.3 is 20.7 Å². The highest BCUT2D eigenvalue weighted by molar-refractivity contribution is 8.00. The molecule has 158 valence electrons. The molecule has 6 nitrogen and oxygen atoms in total. The van der Waals surface area contributed by atoms with Gasteiger partial charge in [-0.15, -0.1) is 11.8 Å². The third kappa shape index (κ3) is 6.56. The molecule has 1 amide bonds. The maximum atomic E-state index is 12.5. The molecule has 31 heavy (non-hydrogen) atoms. The van der Waals surface area contributed by atoms with Crippen molar-refractivity contribution in [2.75, 3.05) is 28.8 Å². The van der Waals surface area contributed by atoms with Gasteiger partial charge in [0, 0.05) is 10.6 Å². The first-order chi connectivity index (χ1) is 15.1. The zero-order chi connectivity index (χ0) is 22.1. The molecule has 0 atom stereocenters. The Balaban J connectivity index is 1.61. The second kappa shape index (κ2) is 11.1. The molecule has 0 aliphatic carbocycles. The summed E-state index contributed by atoms with van der Waals surface area (Å²) in [4.78, 5) is 25.2. The van der Waals surface area contributed by atoms with Gasteiger partial charge in [-0.05, 0) is 48.6 Å². The van der Waals surface area contributed by atoms with E-state index in [1.54, 1.807) is 24.3 Å². The van der Waals surface area contributed by atoms with Crippen LogP contribution in [0, 0.1) is 0 Å². The molecule has 0 unspecified atom stereocenters. The molecular weight excluding hydrogens is 430 g/mol. The zero-order valence-corrected chi connectivity index (χ0v) is 18.4. The van der Waals surface area contributed by atoms with Crippen LogP contribution in [0.3, 0.4) is 0 Å². The lowest BCUT2D eigenvalue weighted by atomic mass is 10.2. The van der Waals surface area contributed by atoms with E-state index in [1.165, 1.54) is 18.9 Å². The fourth-order valence-electron chi connectivity index (χ4n) is 2.71. The summed E-state index contributed by atoms with van der Waals surface area (Å²) in [5.41, 5.74) is 2.40. The molecule has 3 aromatic carbocycles. The average Bonchev–Trinajstić information content (AvgIpc) is 2.79. The second-order valence-corrected chi connectivity index (χ2v) is 7.74. The molecule has 3 rings (SSSR count). The molecule has 0 heterocycles. The number of hydrogen-bond acceptors (Lipinski definition) is 5. The molecule has 0 radical (unpaired) electrons. The van der Waals surface area contributed by atoms with Gasteiger partial charge in [-0.1, -0.05) is 42.5 Å². The van der Waals surface area contributed by atoms with Crippen molar-refractivity contribution in [3.05, 3.63) is 84.4 Å². The Morgan fingerprint density at radius 3 is 2.23 bits per heavy atom. The van der Waals surface area contributed by atoms with Crippen LogP contribution in [0.25, 0.3) is 0 Å². The van der Waals surface area contributed by atoms with Crippen LogP contribution in [0.4, 0.5) is 17.1 Å². The summed E-state index contributed by atoms with van der Waals surface area (Å²) in [5, 5.41) is 9.52. The van der Waals surface area contributed by atoms with Gasteiger partial charge in [0.2, 0.25) is 5.91 Å². The smallest absolute Gasteiger partial charge is 0.339 e. The van der Waals surface area contributed by atoms with Crippen LogP contribution in [-0.4, -0.2) is 29.9 Å². The van der Waals surface area contributed by atoms with Crippen molar-refractivity contribution in [3.63, 3.8) is 0 Å². The van der Waals surface area contributed by atoms with Gasteiger partial charge in [0.05, 0.1) is 29.8 Å². The lowest BCUT2D eigenvalue weighted by molar-refractivity contribution is -0.113. The Morgan fingerprint density at radius 2 is 1.48 bits per heavy atom. The van der Waals surface area contributed by atoms with Crippen molar-refractivity contribution in [2.24, 2.45) is 0 Å². The molecule has 0 aliphatic heterocycles. The lowest BCUT2D eigenvalue weighted by Gasteiger charge is -2.14. The van der Waals surface area contributed by atoms with Crippen LogP contribution in [0.15, 0.2) is 83.8 Å². The Labute approximate surface area is 190 Å². The molecule has 0 fully saturated rings. The van der Waals surface area contributed by atoms with E-state index >= 15 is 0 Å². The molecular formula is C23H21N3O3S2. The quantitative estimate of drug-likeness (QED) is 0.265. The summed E-state index contributed by atoms with van der Waals surface area (Å²) in [5.74, 6) is -0.578. The second-order valence-electron chi connectivity index (χ2n) is 6.32. The van der Waals surface area contributed by atoms with Crippen molar-refractivity contribution in [1.82, 2.24) is 0 Å². The summed E-state index contributed by atoms with van der Waals surface area (Å²) < 4.78 is 4.76. The van der Waals surface area contributed by atoms with Gasteiger partial charge in [-0.25, -0.2) is 4.79 Å². The third-order valence-corrected chi connectivity index (χ3v) is 5.41.